The minimum absolute atomic E-state index is 0.0382. The number of halogens is 2. The molecule has 8 nitrogen and oxygen atoms in total. The molecule has 0 N–H and O–H groups in total. The summed E-state index contributed by atoms with van der Waals surface area (Å²) < 4.78 is 58.5. The Hall–Kier alpha value is -3.60. The molecule has 0 radical (unpaired) electrons. The Morgan fingerprint density at radius 1 is 1.05 bits per heavy atom. The largest absolute Gasteiger partial charge is 0.440 e. The number of oxazole rings is 1. The maximum absolute atomic E-state index is 14.6. The molecule has 0 saturated heterocycles. The van der Waals surface area contributed by atoms with Crippen LogP contribution in [0.4, 0.5) is 8.78 Å². The number of aromatic nitrogens is 5. The van der Waals surface area contributed by atoms with E-state index in [2.05, 4.69) is 40.9 Å². The van der Waals surface area contributed by atoms with Crippen LogP contribution < -0.4 is 0 Å². The predicted octanol–water partition coefficient (Wildman–Crippen LogP) is 5.56. The number of rotatable bonds is 5. The first kappa shape index (κ1) is 27.0. The zero-order chi connectivity index (χ0) is 28.3. The number of sulfone groups is 1. The van der Waals surface area contributed by atoms with Gasteiger partial charge in [0.2, 0.25) is 5.89 Å². The maximum Gasteiger partial charge on any atom is 0.247 e. The van der Waals surface area contributed by atoms with Crippen molar-refractivity contribution >= 4 is 9.84 Å². The van der Waals surface area contributed by atoms with E-state index in [-0.39, 0.29) is 34.2 Å². The molecule has 1 aromatic carbocycles. The fraction of sp³-hybridized carbons (Fsp3) is 0.393. The van der Waals surface area contributed by atoms with E-state index in [0.717, 1.165) is 18.2 Å². The highest BCUT2D eigenvalue weighted by atomic mass is 32.2. The number of fused-ring (bicyclic) bond motifs is 1. The number of hydrogen-bond acceptors (Lipinski definition) is 8. The highest BCUT2D eigenvalue weighted by Crippen LogP contribution is 2.56. The van der Waals surface area contributed by atoms with Crippen LogP contribution in [0.5, 0.6) is 0 Å². The van der Waals surface area contributed by atoms with Crippen LogP contribution in [0.2, 0.25) is 0 Å². The highest BCUT2D eigenvalue weighted by Gasteiger charge is 2.52. The van der Waals surface area contributed by atoms with Crippen molar-refractivity contribution in [1.82, 2.24) is 25.1 Å². The average molecular weight is 554 g/mol. The van der Waals surface area contributed by atoms with Crippen molar-refractivity contribution in [3.8, 4) is 22.8 Å². The van der Waals surface area contributed by atoms with Crippen molar-refractivity contribution < 1.29 is 21.6 Å². The summed E-state index contributed by atoms with van der Waals surface area (Å²) >= 11 is 0. The predicted molar refractivity (Wildman–Crippen MR) is 141 cm³/mol. The molecule has 204 valence electrons. The van der Waals surface area contributed by atoms with Gasteiger partial charge in [-0.05, 0) is 55.4 Å². The van der Waals surface area contributed by atoms with Crippen LogP contribution in [-0.2, 0) is 21.0 Å². The van der Waals surface area contributed by atoms with E-state index in [1.807, 2.05) is 6.92 Å². The van der Waals surface area contributed by atoms with Gasteiger partial charge in [0.1, 0.15) is 23.1 Å². The lowest BCUT2D eigenvalue weighted by Crippen LogP contribution is -2.47. The monoisotopic (exact) mass is 553 g/mol. The summed E-state index contributed by atoms with van der Waals surface area (Å²) in [6.07, 6.45) is 5.05. The summed E-state index contributed by atoms with van der Waals surface area (Å²) in [5.74, 6) is -1.05. The van der Waals surface area contributed by atoms with Crippen LogP contribution in [0.25, 0.3) is 22.8 Å². The highest BCUT2D eigenvalue weighted by molar-refractivity contribution is 7.89. The molecule has 0 aliphatic heterocycles. The fourth-order valence-electron chi connectivity index (χ4n) is 5.53. The van der Waals surface area contributed by atoms with Crippen molar-refractivity contribution in [2.75, 3.05) is 6.26 Å². The third kappa shape index (κ3) is 4.62. The Kier molecular flexibility index (Phi) is 6.40. The molecule has 1 aliphatic carbocycles. The van der Waals surface area contributed by atoms with Crippen LogP contribution in [0, 0.1) is 24.0 Å². The third-order valence-electron chi connectivity index (χ3n) is 7.87. The Labute approximate surface area is 225 Å². The van der Waals surface area contributed by atoms with Gasteiger partial charge in [-0.3, -0.25) is 4.98 Å². The second-order valence-electron chi connectivity index (χ2n) is 11.1. The summed E-state index contributed by atoms with van der Waals surface area (Å²) in [6.45, 7) is 9.96. The van der Waals surface area contributed by atoms with Crippen molar-refractivity contribution in [3.05, 3.63) is 76.7 Å². The van der Waals surface area contributed by atoms with Gasteiger partial charge in [-0.15, -0.1) is 5.10 Å². The van der Waals surface area contributed by atoms with Crippen LogP contribution in [0.3, 0.4) is 0 Å². The van der Waals surface area contributed by atoms with E-state index in [0.29, 0.717) is 28.5 Å². The van der Waals surface area contributed by atoms with Crippen LogP contribution in [0.15, 0.2) is 41.1 Å². The molecule has 3 aromatic heterocycles. The zero-order valence-corrected chi connectivity index (χ0v) is 23.4. The molecule has 0 saturated carbocycles. The second kappa shape index (κ2) is 9.25. The first-order valence-electron chi connectivity index (χ1n) is 12.5. The van der Waals surface area contributed by atoms with Crippen LogP contribution in [-0.4, -0.2) is 39.8 Å². The topological polar surface area (TPSA) is 112 Å². The standard InChI is InChI=1S/C28H29F2N5O3S/c1-15-11-27(3,4)28(5,25-17(15)10-20(34-35-25)24-18(29)8-7-9-19(24)30)23-13-31-12-21(32-23)26-33-22(16(2)38-26)14-39(6,36)37/h7-10,12-13,15H,11,14H2,1-6H3/t15-,28+/m1/s1. The van der Waals surface area contributed by atoms with Gasteiger partial charge in [0.05, 0.1) is 45.7 Å². The van der Waals surface area contributed by atoms with Crippen LogP contribution >= 0.6 is 0 Å². The molecule has 11 heteroatoms. The van der Waals surface area contributed by atoms with Gasteiger partial charge in [-0.25, -0.2) is 27.2 Å². The fourth-order valence-corrected chi connectivity index (χ4v) is 6.30. The Bertz CT molecular complexity index is 1680. The SMILES string of the molecule is Cc1oc(-c2cncc([C@@]3(C)c4nnc(-c5c(F)cccc5F)cc4[C@H](C)CC3(C)C)n2)nc1CS(C)(=O)=O. The molecular formula is C28H29F2N5O3S. The Morgan fingerprint density at radius 3 is 2.41 bits per heavy atom. The molecule has 4 aromatic rings. The Morgan fingerprint density at radius 2 is 1.74 bits per heavy atom. The minimum atomic E-state index is -3.31. The van der Waals surface area contributed by atoms with E-state index < -0.39 is 26.9 Å². The molecule has 3 heterocycles. The average Bonchev–Trinajstić information content (AvgIpc) is 3.21. The van der Waals surface area contributed by atoms with Crippen molar-refractivity contribution in [2.24, 2.45) is 5.41 Å². The smallest absolute Gasteiger partial charge is 0.247 e. The van der Waals surface area contributed by atoms with Crippen molar-refractivity contribution in [2.45, 2.75) is 58.1 Å². The summed E-state index contributed by atoms with van der Waals surface area (Å²) in [5.41, 5.74) is 1.53. The first-order valence-corrected chi connectivity index (χ1v) is 14.6. The summed E-state index contributed by atoms with van der Waals surface area (Å²) in [6, 6.07) is 5.42. The van der Waals surface area contributed by atoms with Gasteiger partial charge in [0.25, 0.3) is 0 Å². The molecule has 0 unspecified atom stereocenters. The van der Waals surface area contributed by atoms with E-state index in [1.165, 1.54) is 24.4 Å². The lowest BCUT2D eigenvalue weighted by atomic mass is 9.54. The van der Waals surface area contributed by atoms with Crippen molar-refractivity contribution in [1.29, 1.82) is 0 Å². The molecule has 0 amide bonds. The summed E-state index contributed by atoms with van der Waals surface area (Å²) in [4.78, 5) is 13.7. The van der Waals surface area contributed by atoms with Gasteiger partial charge in [-0.2, -0.15) is 5.10 Å². The minimum Gasteiger partial charge on any atom is -0.440 e. The molecular weight excluding hydrogens is 524 g/mol. The van der Waals surface area contributed by atoms with E-state index in [1.54, 1.807) is 19.2 Å². The third-order valence-corrected chi connectivity index (χ3v) is 8.67. The van der Waals surface area contributed by atoms with Gasteiger partial charge in [0.15, 0.2) is 9.84 Å². The molecule has 0 fully saturated rings. The Balaban J connectivity index is 1.64. The molecule has 0 bridgehead atoms. The molecule has 39 heavy (non-hydrogen) atoms. The normalized spacial score (nSPS) is 20.6. The molecule has 2 atom stereocenters. The van der Waals surface area contributed by atoms with Gasteiger partial charge < -0.3 is 4.42 Å². The molecule has 0 spiro atoms. The zero-order valence-electron chi connectivity index (χ0n) is 22.6. The summed E-state index contributed by atoms with van der Waals surface area (Å²) in [7, 11) is -3.31. The number of benzene rings is 1. The van der Waals surface area contributed by atoms with E-state index >= 15 is 0 Å². The molecule has 1 aliphatic rings. The number of aryl methyl sites for hydroxylation is 1. The van der Waals surface area contributed by atoms with Gasteiger partial charge >= 0.3 is 0 Å². The number of nitrogens with zero attached hydrogens (tertiary/aromatic N) is 5. The van der Waals surface area contributed by atoms with Crippen molar-refractivity contribution in [3.63, 3.8) is 0 Å². The van der Waals surface area contributed by atoms with Gasteiger partial charge in [0, 0.05) is 12.5 Å². The summed E-state index contributed by atoms with van der Waals surface area (Å²) in [5, 5.41) is 8.83. The van der Waals surface area contributed by atoms with E-state index in [9.17, 15) is 17.2 Å². The lowest BCUT2D eigenvalue weighted by molar-refractivity contribution is 0.158. The second-order valence-corrected chi connectivity index (χ2v) is 13.3. The molecule has 5 rings (SSSR count). The maximum atomic E-state index is 14.6. The first-order chi connectivity index (χ1) is 18.2. The van der Waals surface area contributed by atoms with Gasteiger partial charge in [-0.1, -0.05) is 26.8 Å². The lowest BCUT2D eigenvalue weighted by Gasteiger charge is -2.49. The quantitative estimate of drug-likeness (QED) is 0.316. The van der Waals surface area contributed by atoms with E-state index in [4.69, 9.17) is 9.40 Å². The van der Waals surface area contributed by atoms with Crippen LogP contribution in [0.1, 0.15) is 68.4 Å². The number of hydrogen-bond donors (Lipinski definition) is 0.